The van der Waals surface area contributed by atoms with E-state index in [9.17, 15) is 13.2 Å². The Hall–Kier alpha value is -0.660. The van der Waals surface area contributed by atoms with E-state index in [4.69, 9.17) is 4.74 Å². The van der Waals surface area contributed by atoms with Crippen molar-refractivity contribution < 1.29 is 17.9 Å². The van der Waals surface area contributed by atoms with Crippen LogP contribution in [0.15, 0.2) is 0 Å². The third-order valence-electron chi connectivity index (χ3n) is 3.29. The number of nitrogens with zero attached hydrogens (tertiary/aromatic N) is 1. The highest BCUT2D eigenvalue weighted by Crippen LogP contribution is 2.29. The van der Waals surface area contributed by atoms with Crippen molar-refractivity contribution in [1.29, 1.82) is 0 Å². The van der Waals surface area contributed by atoms with Gasteiger partial charge in [0.15, 0.2) is 0 Å². The molecule has 1 amide bonds. The van der Waals surface area contributed by atoms with E-state index in [1.165, 1.54) is 6.92 Å². The Morgan fingerprint density at radius 2 is 2.18 bits per heavy atom. The number of amides is 1. The second kappa shape index (κ2) is 4.55. The first-order chi connectivity index (χ1) is 7.88. The van der Waals surface area contributed by atoms with E-state index < -0.39 is 10.0 Å². The minimum atomic E-state index is -3.28. The van der Waals surface area contributed by atoms with Gasteiger partial charge in [0.25, 0.3) is 0 Å². The van der Waals surface area contributed by atoms with Crippen LogP contribution in [0.25, 0.3) is 0 Å². The minimum Gasteiger partial charge on any atom is -0.374 e. The third-order valence-corrected chi connectivity index (χ3v) is 4.02. The van der Waals surface area contributed by atoms with Crippen molar-refractivity contribution in [1.82, 2.24) is 9.62 Å². The zero-order valence-corrected chi connectivity index (χ0v) is 10.9. The van der Waals surface area contributed by atoms with Gasteiger partial charge in [0, 0.05) is 20.1 Å². The van der Waals surface area contributed by atoms with Crippen LogP contribution in [0.3, 0.4) is 0 Å². The molecule has 2 fully saturated rings. The molecule has 0 aromatic carbocycles. The van der Waals surface area contributed by atoms with Gasteiger partial charge in [-0.25, -0.2) is 13.1 Å². The Bertz CT molecular complexity index is 409. The van der Waals surface area contributed by atoms with Crippen LogP contribution in [0.4, 0.5) is 0 Å². The summed E-state index contributed by atoms with van der Waals surface area (Å²) >= 11 is 0. The topological polar surface area (TPSA) is 75.7 Å². The normalized spacial score (nSPS) is 33.5. The molecule has 2 heterocycles. The molecule has 6 nitrogen and oxygen atoms in total. The largest absolute Gasteiger partial charge is 0.374 e. The second-order valence-corrected chi connectivity index (χ2v) is 6.49. The molecular weight excluding hydrogens is 244 g/mol. The molecule has 17 heavy (non-hydrogen) atoms. The van der Waals surface area contributed by atoms with Crippen LogP contribution in [-0.4, -0.2) is 56.8 Å². The molecule has 98 valence electrons. The van der Waals surface area contributed by atoms with Gasteiger partial charge in [-0.3, -0.25) is 4.79 Å². The van der Waals surface area contributed by atoms with Gasteiger partial charge in [-0.15, -0.1) is 0 Å². The van der Waals surface area contributed by atoms with Gasteiger partial charge >= 0.3 is 0 Å². The van der Waals surface area contributed by atoms with Crippen molar-refractivity contribution >= 4 is 15.9 Å². The van der Waals surface area contributed by atoms with Crippen LogP contribution in [0, 0.1) is 0 Å². The number of carbonyl (C=O) groups is 1. The molecule has 0 aromatic rings. The molecule has 2 rings (SSSR count). The average Bonchev–Trinajstić information content (AvgIpc) is 2.55. The highest BCUT2D eigenvalue weighted by atomic mass is 32.2. The Balaban J connectivity index is 2.16. The molecule has 0 radical (unpaired) electrons. The first kappa shape index (κ1) is 12.8. The molecule has 7 heteroatoms. The van der Waals surface area contributed by atoms with E-state index >= 15 is 0 Å². The van der Waals surface area contributed by atoms with Crippen molar-refractivity contribution in [2.75, 3.05) is 19.4 Å². The van der Waals surface area contributed by atoms with Crippen LogP contribution >= 0.6 is 0 Å². The van der Waals surface area contributed by atoms with E-state index in [2.05, 4.69) is 4.72 Å². The number of rotatable bonds is 2. The lowest BCUT2D eigenvalue weighted by atomic mass is 10.0. The number of hydrogen-bond acceptors (Lipinski definition) is 4. The second-order valence-electron chi connectivity index (χ2n) is 4.71. The molecule has 0 aliphatic carbocycles. The maximum absolute atomic E-state index is 11.5. The third kappa shape index (κ3) is 2.78. The minimum absolute atomic E-state index is 0.0144. The number of fused-ring (bicyclic) bond motifs is 1. The summed E-state index contributed by atoms with van der Waals surface area (Å²) in [5, 5.41) is 0. The molecule has 1 N–H and O–H groups in total. The predicted molar refractivity (Wildman–Crippen MR) is 61.9 cm³/mol. The lowest BCUT2D eigenvalue weighted by Gasteiger charge is -2.31. The van der Waals surface area contributed by atoms with Crippen LogP contribution in [-0.2, 0) is 19.6 Å². The van der Waals surface area contributed by atoms with E-state index in [1.807, 2.05) is 0 Å². The maximum Gasteiger partial charge on any atom is 0.219 e. The van der Waals surface area contributed by atoms with Crippen LogP contribution in [0.5, 0.6) is 0 Å². The number of likely N-dealkylation sites (tertiary alicyclic amines) is 1. The van der Waals surface area contributed by atoms with Crippen molar-refractivity contribution in [2.45, 2.75) is 38.0 Å². The molecular formula is C10H18N2O4S. The van der Waals surface area contributed by atoms with Gasteiger partial charge in [0.05, 0.1) is 24.4 Å². The molecule has 0 saturated carbocycles. The van der Waals surface area contributed by atoms with Gasteiger partial charge in [-0.05, 0) is 12.8 Å². The van der Waals surface area contributed by atoms with Crippen LogP contribution < -0.4 is 4.72 Å². The van der Waals surface area contributed by atoms with E-state index in [-0.39, 0.29) is 24.1 Å². The number of carbonyl (C=O) groups excluding carboxylic acids is 1. The highest BCUT2D eigenvalue weighted by molar-refractivity contribution is 7.88. The van der Waals surface area contributed by atoms with Crippen molar-refractivity contribution in [3.63, 3.8) is 0 Å². The van der Waals surface area contributed by atoms with Crippen molar-refractivity contribution in [3.05, 3.63) is 0 Å². The van der Waals surface area contributed by atoms with Gasteiger partial charge < -0.3 is 9.64 Å². The zero-order valence-electron chi connectivity index (χ0n) is 10.0. The summed E-state index contributed by atoms with van der Waals surface area (Å²) in [7, 11) is -3.28. The Morgan fingerprint density at radius 3 is 2.76 bits per heavy atom. The number of sulfonamides is 1. The molecule has 0 bridgehead atoms. The van der Waals surface area contributed by atoms with E-state index in [0.29, 0.717) is 13.2 Å². The number of hydrogen-bond donors (Lipinski definition) is 1. The van der Waals surface area contributed by atoms with Crippen LogP contribution in [0.2, 0.25) is 0 Å². The summed E-state index contributed by atoms with van der Waals surface area (Å²) < 4.78 is 30.7. The molecule has 2 aliphatic heterocycles. The zero-order chi connectivity index (χ0) is 12.6. The summed E-state index contributed by atoms with van der Waals surface area (Å²) in [6.45, 7) is 2.54. The average molecular weight is 262 g/mol. The standard InChI is InChI=1S/C10H18N2O4S/c1-7(13)12-6-8(11-17(2,14)15)10-9(12)4-3-5-16-10/h8-11H,3-6H2,1-2H3/t8-,9-,10-/m0/s1. The number of ether oxygens (including phenoxy) is 1. The SMILES string of the molecule is CC(=O)N1C[C@H](NS(C)(=O)=O)[C@@H]2OCCC[C@@H]21. The number of nitrogens with one attached hydrogen (secondary N) is 1. The van der Waals surface area contributed by atoms with Crippen LogP contribution in [0.1, 0.15) is 19.8 Å². The van der Waals surface area contributed by atoms with Crippen molar-refractivity contribution in [3.8, 4) is 0 Å². The molecule has 2 aliphatic rings. The lowest BCUT2D eigenvalue weighted by molar-refractivity contribution is -0.132. The maximum atomic E-state index is 11.5. The van der Waals surface area contributed by atoms with Gasteiger partial charge in [-0.1, -0.05) is 0 Å². The van der Waals surface area contributed by atoms with Crippen molar-refractivity contribution in [2.24, 2.45) is 0 Å². The monoisotopic (exact) mass is 262 g/mol. The fourth-order valence-electron chi connectivity index (χ4n) is 2.70. The molecule has 0 aromatic heterocycles. The first-order valence-electron chi connectivity index (χ1n) is 5.74. The fourth-order valence-corrected chi connectivity index (χ4v) is 3.46. The summed E-state index contributed by atoms with van der Waals surface area (Å²) in [5.41, 5.74) is 0. The Labute approximate surface area is 101 Å². The van der Waals surface area contributed by atoms with E-state index in [0.717, 1.165) is 19.1 Å². The van der Waals surface area contributed by atoms with Gasteiger partial charge in [0.1, 0.15) is 0 Å². The summed E-state index contributed by atoms with van der Waals surface area (Å²) in [4.78, 5) is 13.2. The highest BCUT2D eigenvalue weighted by Gasteiger charge is 2.45. The lowest BCUT2D eigenvalue weighted by Crippen LogP contribution is -2.47. The summed E-state index contributed by atoms with van der Waals surface area (Å²) in [5.74, 6) is -0.0247. The quantitative estimate of drug-likeness (QED) is 0.715. The first-order valence-corrected chi connectivity index (χ1v) is 7.64. The Kier molecular flexibility index (Phi) is 3.42. The van der Waals surface area contributed by atoms with Gasteiger partial charge in [-0.2, -0.15) is 0 Å². The van der Waals surface area contributed by atoms with E-state index in [1.54, 1.807) is 4.90 Å². The molecule has 3 atom stereocenters. The summed E-state index contributed by atoms with van der Waals surface area (Å²) in [6, 6.07) is -0.306. The fraction of sp³-hybridized carbons (Fsp3) is 0.900. The molecule has 0 unspecified atom stereocenters. The summed E-state index contributed by atoms with van der Waals surface area (Å²) in [6.07, 6.45) is 2.71. The molecule has 2 saturated heterocycles. The molecule has 0 spiro atoms. The smallest absolute Gasteiger partial charge is 0.219 e. The Morgan fingerprint density at radius 1 is 1.47 bits per heavy atom. The van der Waals surface area contributed by atoms with Gasteiger partial charge in [0.2, 0.25) is 15.9 Å². The predicted octanol–water partition coefficient (Wildman–Crippen LogP) is -0.686.